The van der Waals surface area contributed by atoms with Crippen LogP contribution in [0.1, 0.15) is 43.6 Å². The van der Waals surface area contributed by atoms with Crippen molar-refractivity contribution in [3.8, 4) is 6.07 Å². The molecule has 1 saturated heterocycles. The van der Waals surface area contributed by atoms with E-state index in [1.807, 2.05) is 12.1 Å². The van der Waals surface area contributed by atoms with E-state index in [1.165, 1.54) is 0 Å². The molecule has 0 spiro atoms. The summed E-state index contributed by atoms with van der Waals surface area (Å²) in [4.78, 5) is 20.2. The Morgan fingerprint density at radius 3 is 3.08 bits per heavy atom. The maximum Gasteiger partial charge on any atom is 0.120 e. The summed E-state index contributed by atoms with van der Waals surface area (Å²) in [6.07, 6.45) is 5.76. The predicted molar refractivity (Wildman–Crippen MR) is 97.8 cm³/mol. The number of nitrogens with zero attached hydrogens (tertiary/aromatic N) is 4. The average molecular weight is 348 g/mol. The van der Waals surface area contributed by atoms with Gasteiger partial charge in [-0.2, -0.15) is 5.26 Å². The van der Waals surface area contributed by atoms with Gasteiger partial charge >= 0.3 is 0 Å². The van der Waals surface area contributed by atoms with Crippen molar-refractivity contribution >= 4 is 28.2 Å². The van der Waals surface area contributed by atoms with E-state index >= 15 is 0 Å². The van der Waals surface area contributed by atoms with Gasteiger partial charge in [-0.05, 0) is 38.0 Å². The summed E-state index contributed by atoms with van der Waals surface area (Å²) in [6, 6.07) is 8.02. The Hall–Kier alpha value is -2.78. The predicted octanol–water partition coefficient (Wildman–Crippen LogP) is 3.33. The van der Waals surface area contributed by atoms with Crippen molar-refractivity contribution in [3.63, 3.8) is 0 Å². The van der Waals surface area contributed by atoms with Gasteiger partial charge < -0.3 is 14.1 Å². The molecule has 0 bridgehead atoms. The first-order valence-electron chi connectivity index (χ1n) is 8.96. The van der Waals surface area contributed by atoms with Crippen LogP contribution in [0.25, 0.3) is 21.9 Å². The van der Waals surface area contributed by atoms with Gasteiger partial charge in [-0.15, -0.1) is 0 Å². The molecule has 3 heterocycles. The molecule has 3 aromatic rings. The molecule has 0 aliphatic carbocycles. The zero-order chi connectivity index (χ0) is 18.1. The van der Waals surface area contributed by atoms with E-state index in [-0.39, 0.29) is 12.1 Å². The number of carbonyl (C=O) groups is 1. The highest BCUT2D eigenvalue weighted by Gasteiger charge is 2.26. The van der Waals surface area contributed by atoms with Crippen molar-refractivity contribution < 1.29 is 9.53 Å². The zero-order valence-electron chi connectivity index (χ0n) is 14.7. The number of fused-ring (bicyclic) bond motifs is 3. The van der Waals surface area contributed by atoms with Gasteiger partial charge in [0.2, 0.25) is 0 Å². The van der Waals surface area contributed by atoms with Crippen LogP contribution in [0.4, 0.5) is 0 Å². The molecule has 0 amide bonds. The van der Waals surface area contributed by atoms with E-state index in [0.717, 1.165) is 46.9 Å². The van der Waals surface area contributed by atoms with Crippen LogP contribution in [-0.4, -0.2) is 33.5 Å². The van der Waals surface area contributed by atoms with Gasteiger partial charge in [-0.25, -0.2) is 4.98 Å². The average Bonchev–Trinajstić information content (AvgIpc) is 3.04. The number of aryl methyl sites for hydroxylation is 1. The van der Waals surface area contributed by atoms with Crippen LogP contribution in [-0.2, 0) is 16.0 Å². The van der Waals surface area contributed by atoms with Crippen molar-refractivity contribution in [3.05, 3.63) is 35.8 Å². The van der Waals surface area contributed by atoms with Gasteiger partial charge in [0.15, 0.2) is 0 Å². The lowest BCUT2D eigenvalue weighted by Crippen LogP contribution is -2.26. The summed E-state index contributed by atoms with van der Waals surface area (Å²) in [6.45, 7) is 2.80. The zero-order valence-corrected chi connectivity index (χ0v) is 14.7. The van der Waals surface area contributed by atoms with E-state index in [4.69, 9.17) is 9.72 Å². The molecule has 0 saturated carbocycles. The van der Waals surface area contributed by atoms with Crippen LogP contribution in [0.15, 0.2) is 24.4 Å². The third kappa shape index (κ3) is 2.85. The van der Waals surface area contributed by atoms with Gasteiger partial charge in [0.05, 0.1) is 35.0 Å². The second kappa shape index (κ2) is 6.85. The molecule has 1 aliphatic rings. The molecule has 4 rings (SSSR count). The number of imidazole rings is 1. The number of hydrogen-bond acceptors (Lipinski definition) is 5. The maximum absolute atomic E-state index is 10.9. The second-order valence-electron chi connectivity index (χ2n) is 6.80. The molecule has 26 heavy (non-hydrogen) atoms. The summed E-state index contributed by atoms with van der Waals surface area (Å²) in [5.74, 6) is 0.905. The molecule has 132 valence electrons. The Labute approximate surface area is 151 Å². The number of aldehydes is 1. The van der Waals surface area contributed by atoms with Crippen LogP contribution in [0, 0.1) is 11.3 Å². The Balaban J connectivity index is 1.98. The quantitative estimate of drug-likeness (QED) is 0.676. The lowest BCUT2D eigenvalue weighted by atomic mass is 10.0. The van der Waals surface area contributed by atoms with Crippen LogP contribution in [0.5, 0.6) is 0 Å². The SMILES string of the molecule is CC1CC(n2c(CCC=O)nc3cnc4ccc(C#N)cc4c32)CCO1. The maximum atomic E-state index is 10.9. The van der Waals surface area contributed by atoms with Crippen molar-refractivity contribution in [1.82, 2.24) is 14.5 Å². The van der Waals surface area contributed by atoms with Crippen LogP contribution in [0.3, 0.4) is 0 Å². The fourth-order valence-corrected chi connectivity index (χ4v) is 3.86. The Morgan fingerprint density at radius 1 is 1.42 bits per heavy atom. The molecule has 1 aromatic carbocycles. The lowest BCUT2D eigenvalue weighted by Gasteiger charge is -2.30. The van der Waals surface area contributed by atoms with Gasteiger partial charge in [0.25, 0.3) is 0 Å². The molecule has 2 unspecified atom stereocenters. The number of rotatable bonds is 4. The van der Waals surface area contributed by atoms with Crippen LogP contribution in [0.2, 0.25) is 0 Å². The first-order chi connectivity index (χ1) is 12.7. The van der Waals surface area contributed by atoms with E-state index in [9.17, 15) is 10.1 Å². The van der Waals surface area contributed by atoms with Crippen LogP contribution < -0.4 is 0 Å². The minimum absolute atomic E-state index is 0.188. The highest BCUT2D eigenvalue weighted by molar-refractivity contribution is 6.02. The molecule has 0 N–H and O–H groups in total. The fourth-order valence-electron chi connectivity index (χ4n) is 3.86. The smallest absolute Gasteiger partial charge is 0.120 e. The van der Waals surface area contributed by atoms with Crippen molar-refractivity contribution in [2.45, 2.75) is 44.8 Å². The number of ether oxygens (including phenoxy) is 1. The topological polar surface area (TPSA) is 80.8 Å². The molecule has 1 fully saturated rings. The number of nitriles is 1. The Kier molecular flexibility index (Phi) is 4.39. The summed E-state index contributed by atoms with van der Waals surface area (Å²) in [5.41, 5.74) is 3.27. The molecule has 0 radical (unpaired) electrons. The largest absolute Gasteiger partial charge is 0.378 e. The minimum Gasteiger partial charge on any atom is -0.378 e. The lowest BCUT2D eigenvalue weighted by molar-refractivity contribution is -0.107. The second-order valence-corrected chi connectivity index (χ2v) is 6.80. The van der Waals surface area contributed by atoms with E-state index in [0.29, 0.717) is 25.0 Å². The van der Waals surface area contributed by atoms with Crippen LogP contribution >= 0.6 is 0 Å². The van der Waals surface area contributed by atoms with E-state index < -0.39 is 0 Å². The van der Waals surface area contributed by atoms with Gasteiger partial charge in [-0.1, -0.05) is 0 Å². The van der Waals surface area contributed by atoms with E-state index in [1.54, 1.807) is 12.3 Å². The third-order valence-electron chi connectivity index (χ3n) is 5.03. The van der Waals surface area contributed by atoms with Gasteiger partial charge in [0, 0.05) is 30.9 Å². The molecule has 6 heteroatoms. The normalized spacial score (nSPS) is 20.3. The van der Waals surface area contributed by atoms with E-state index in [2.05, 4.69) is 22.5 Å². The Morgan fingerprint density at radius 2 is 2.31 bits per heavy atom. The molecule has 2 aromatic heterocycles. The standard InChI is InChI=1S/C20H20N4O2/c1-13-9-15(6-8-26-13)24-19(3-2-7-25)23-18-12-22-17-5-4-14(11-21)10-16(17)20(18)24/h4-5,7,10,12-13,15H,2-3,6,8-9H2,1H3. The summed E-state index contributed by atoms with van der Waals surface area (Å²) >= 11 is 0. The molecule has 6 nitrogen and oxygen atoms in total. The molecular weight excluding hydrogens is 328 g/mol. The Bertz CT molecular complexity index is 1020. The number of benzene rings is 1. The molecule has 2 atom stereocenters. The number of hydrogen-bond donors (Lipinski definition) is 0. The minimum atomic E-state index is 0.188. The first-order valence-corrected chi connectivity index (χ1v) is 8.96. The highest BCUT2D eigenvalue weighted by Crippen LogP contribution is 2.34. The number of carbonyl (C=O) groups excluding carboxylic acids is 1. The number of aromatic nitrogens is 3. The summed E-state index contributed by atoms with van der Waals surface area (Å²) < 4.78 is 7.98. The molecule has 1 aliphatic heterocycles. The van der Waals surface area contributed by atoms with Gasteiger partial charge in [-0.3, -0.25) is 4.98 Å². The van der Waals surface area contributed by atoms with Gasteiger partial charge in [0.1, 0.15) is 17.6 Å². The van der Waals surface area contributed by atoms with Crippen molar-refractivity contribution in [1.29, 1.82) is 5.26 Å². The highest BCUT2D eigenvalue weighted by atomic mass is 16.5. The van der Waals surface area contributed by atoms with Crippen molar-refractivity contribution in [2.75, 3.05) is 6.61 Å². The summed E-state index contributed by atoms with van der Waals surface area (Å²) in [7, 11) is 0. The monoisotopic (exact) mass is 348 g/mol. The third-order valence-corrected chi connectivity index (χ3v) is 5.03. The summed E-state index contributed by atoms with van der Waals surface area (Å²) in [5, 5.41) is 10.2. The number of pyridine rings is 1. The molecular formula is C20H20N4O2. The fraction of sp³-hybridized carbons (Fsp3) is 0.400. The first kappa shape index (κ1) is 16.7. The van der Waals surface area contributed by atoms with Crippen molar-refractivity contribution in [2.24, 2.45) is 0 Å².